The molecule has 0 aromatic heterocycles. The van der Waals surface area contributed by atoms with Crippen molar-refractivity contribution in [3.05, 3.63) is 63.1 Å². The number of nitrogens with zero attached hydrogens (tertiary/aromatic N) is 1. The van der Waals surface area contributed by atoms with Crippen LogP contribution in [-0.4, -0.2) is 35.4 Å². The third-order valence-electron chi connectivity index (χ3n) is 5.63. The molecule has 1 aliphatic carbocycles. The summed E-state index contributed by atoms with van der Waals surface area (Å²) in [6, 6.07) is 11.4. The van der Waals surface area contributed by atoms with Crippen LogP contribution < -0.4 is 10.1 Å². The Morgan fingerprint density at radius 2 is 1.72 bits per heavy atom. The molecule has 1 aliphatic rings. The Kier molecular flexibility index (Phi) is 9.09. The molecule has 8 heteroatoms. The maximum Gasteiger partial charge on any atom is 0.261 e. The molecule has 2 aromatic carbocycles. The highest BCUT2D eigenvalue weighted by Gasteiger charge is 2.28. The van der Waals surface area contributed by atoms with Crippen molar-refractivity contribution in [3.8, 4) is 5.75 Å². The molecular formula is C24H27Cl3N2O3. The fourth-order valence-electron chi connectivity index (χ4n) is 3.74. The standard InChI is InChI=1S/C24H27Cl3N2O3/c1-16(24(31)28-19-5-3-2-4-6-19)29(14-17-7-12-21(26)22(27)13-17)23(30)15-32-20-10-8-18(25)9-11-20/h7-13,16,19H,2-6,14-15H2,1H3,(H,28,31)/t16-/m0/s1. The summed E-state index contributed by atoms with van der Waals surface area (Å²) in [4.78, 5) is 27.6. The van der Waals surface area contributed by atoms with Crippen molar-refractivity contribution in [2.75, 3.05) is 6.61 Å². The molecule has 1 atom stereocenters. The molecule has 0 unspecified atom stereocenters. The first-order valence-electron chi connectivity index (χ1n) is 10.8. The number of hydrogen-bond acceptors (Lipinski definition) is 3. The minimum absolute atomic E-state index is 0.158. The van der Waals surface area contributed by atoms with Crippen LogP contribution in [0.1, 0.15) is 44.6 Å². The zero-order valence-electron chi connectivity index (χ0n) is 18.0. The van der Waals surface area contributed by atoms with Gasteiger partial charge in [0.05, 0.1) is 10.0 Å². The summed E-state index contributed by atoms with van der Waals surface area (Å²) in [5, 5.41) is 4.52. The number of nitrogens with one attached hydrogen (secondary N) is 1. The van der Waals surface area contributed by atoms with Gasteiger partial charge in [0.15, 0.2) is 6.61 Å². The minimum Gasteiger partial charge on any atom is -0.484 e. The average molecular weight is 498 g/mol. The van der Waals surface area contributed by atoms with Crippen molar-refractivity contribution in [1.82, 2.24) is 10.2 Å². The van der Waals surface area contributed by atoms with Gasteiger partial charge < -0.3 is 15.0 Å². The van der Waals surface area contributed by atoms with Crippen molar-refractivity contribution in [1.29, 1.82) is 0 Å². The largest absolute Gasteiger partial charge is 0.484 e. The molecule has 5 nitrogen and oxygen atoms in total. The number of rotatable bonds is 8. The van der Waals surface area contributed by atoms with Crippen LogP contribution >= 0.6 is 34.8 Å². The molecule has 2 amide bonds. The van der Waals surface area contributed by atoms with E-state index in [9.17, 15) is 9.59 Å². The van der Waals surface area contributed by atoms with Crippen LogP contribution in [0.15, 0.2) is 42.5 Å². The first-order chi connectivity index (χ1) is 15.3. The quantitative estimate of drug-likeness (QED) is 0.494. The van der Waals surface area contributed by atoms with E-state index in [1.165, 1.54) is 11.3 Å². The summed E-state index contributed by atoms with van der Waals surface area (Å²) in [6.07, 6.45) is 5.37. The lowest BCUT2D eigenvalue weighted by Gasteiger charge is -2.31. The highest BCUT2D eigenvalue weighted by Crippen LogP contribution is 2.24. The van der Waals surface area contributed by atoms with E-state index >= 15 is 0 Å². The normalized spacial score (nSPS) is 15.1. The number of amides is 2. The fourth-order valence-corrected chi connectivity index (χ4v) is 4.19. The van der Waals surface area contributed by atoms with Crippen LogP contribution in [0.5, 0.6) is 5.75 Å². The zero-order valence-corrected chi connectivity index (χ0v) is 20.2. The van der Waals surface area contributed by atoms with Gasteiger partial charge in [0.25, 0.3) is 5.91 Å². The monoisotopic (exact) mass is 496 g/mol. The van der Waals surface area contributed by atoms with Gasteiger partial charge in [-0.05, 0) is 61.7 Å². The number of carbonyl (C=O) groups excluding carboxylic acids is 2. The molecule has 2 aromatic rings. The molecule has 3 rings (SSSR count). The van der Waals surface area contributed by atoms with Gasteiger partial charge in [0.2, 0.25) is 5.91 Å². The molecular weight excluding hydrogens is 471 g/mol. The van der Waals surface area contributed by atoms with Gasteiger partial charge in [-0.3, -0.25) is 9.59 Å². The molecule has 1 saturated carbocycles. The van der Waals surface area contributed by atoms with Gasteiger partial charge in [-0.25, -0.2) is 0 Å². The summed E-state index contributed by atoms with van der Waals surface area (Å²) < 4.78 is 5.64. The van der Waals surface area contributed by atoms with Crippen molar-refractivity contribution in [2.24, 2.45) is 0 Å². The van der Waals surface area contributed by atoms with E-state index in [0.29, 0.717) is 20.8 Å². The maximum absolute atomic E-state index is 13.1. The van der Waals surface area contributed by atoms with Crippen LogP contribution in [0.2, 0.25) is 15.1 Å². The zero-order chi connectivity index (χ0) is 23.1. The molecule has 0 saturated heterocycles. The highest BCUT2D eigenvalue weighted by molar-refractivity contribution is 6.42. The van der Waals surface area contributed by atoms with Crippen LogP contribution in [0.4, 0.5) is 0 Å². The van der Waals surface area contributed by atoms with Gasteiger partial charge in [-0.1, -0.05) is 60.1 Å². The van der Waals surface area contributed by atoms with Gasteiger partial charge >= 0.3 is 0 Å². The van der Waals surface area contributed by atoms with Crippen LogP contribution in [0, 0.1) is 0 Å². The van der Waals surface area contributed by atoms with Gasteiger partial charge in [-0.15, -0.1) is 0 Å². The Balaban J connectivity index is 1.72. The molecule has 32 heavy (non-hydrogen) atoms. The highest BCUT2D eigenvalue weighted by atomic mass is 35.5. The second-order valence-corrected chi connectivity index (χ2v) is 9.28. The summed E-state index contributed by atoms with van der Waals surface area (Å²) in [7, 11) is 0. The molecule has 172 valence electrons. The number of hydrogen-bond donors (Lipinski definition) is 1. The number of ether oxygens (including phenoxy) is 1. The predicted octanol–water partition coefficient (Wildman–Crippen LogP) is 5.89. The molecule has 1 N–H and O–H groups in total. The smallest absolute Gasteiger partial charge is 0.261 e. The lowest BCUT2D eigenvalue weighted by Crippen LogP contribution is -2.51. The summed E-state index contributed by atoms with van der Waals surface area (Å²) in [6.45, 7) is 1.73. The van der Waals surface area contributed by atoms with E-state index in [0.717, 1.165) is 31.2 Å². The van der Waals surface area contributed by atoms with E-state index in [-0.39, 0.29) is 31.0 Å². The Bertz CT molecular complexity index is 931. The van der Waals surface area contributed by atoms with E-state index in [1.807, 2.05) is 0 Å². The van der Waals surface area contributed by atoms with Crippen molar-refractivity contribution in [2.45, 2.75) is 57.7 Å². The van der Waals surface area contributed by atoms with E-state index in [2.05, 4.69) is 5.32 Å². The molecule has 0 spiro atoms. The predicted molar refractivity (Wildman–Crippen MR) is 128 cm³/mol. The molecule has 0 aliphatic heterocycles. The van der Waals surface area contributed by atoms with Gasteiger partial charge in [0, 0.05) is 17.6 Å². The Labute approximate surface area is 204 Å². The van der Waals surface area contributed by atoms with E-state index < -0.39 is 6.04 Å². The van der Waals surface area contributed by atoms with Crippen molar-refractivity contribution >= 4 is 46.6 Å². The van der Waals surface area contributed by atoms with Crippen LogP contribution in [-0.2, 0) is 16.1 Å². The topological polar surface area (TPSA) is 58.6 Å². The molecule has 0 radical (unpaired) electrons. The lowest BCUT2D eigenvalue weighted by molar-refractivity contribution is -0.142. The summed E-state index contributed by atoms with van der Waals surface area (Å²) in [5.41, 5.74) is 0.775. The first-order valence-corrected chi connectivity index (χ1v) is 11.9. The second kappa shape index (κ2) is 11.8. The van der Waals surface area contributed by atoms with Crippen molar-refractivity contribution < 1.29 is 14.3 Å². The molecule has 1 fully saturated rings. The van der Waals surface area contributed by atoms with Crippen molar-refractivity contribution in [3.63, 3.8) is 0 Å². The van der Waals surface area contributed by atoms with Crippen LogP contribution in [0.25, 0.3) is 0 Å². The van der Waals surface area contributed by atoms with Crippen LogP contribution in [0.3, 0.4) is 0 Å². The first kappa shape index (κ1) is 24.7. The molecule has 0 heterocycles. The number of carbonyl (C=O) groups is 2. The molecule has 0 bridgehead atoms. The fraction of sp³-hybridized carbons (Fsp3) is 0.417. The second-order valence-electron chi connectivity index (χ2n) is 8.03. The van der Waals surface area contributed by atoms with E-state index in [1.54, 1.807) is 49.4 Å². The number of halogens is 3. The third-order valence-corrected chi connectivity index (χ3v) is 6.62. The Morgan fingerprint density at radius 3 is 2.38 bits per heavy atom. The average Bonchev–Trinajstić information content (AvgIpc) is 2.79. The lowest BCUT2D eigenvalue weighted by atomic mass is 9.95. The Morgan fingerprint density at radius 1 is 1.03 bits per heavy atom. The summed E-state index contributed by atoms with van der Waals surface area (Å²) in [5.74, 6) is 0.0469. The van der Waals surface area contributed by atoms with Gasteiger partial charge in [0.1, 0.15) is 11.8 Å². The number of benzene rings is 2. The van der Waals surface area contributed by atoms with E-state index in [4.69, 9.17) is 39.5 Å². The third kappa shape index (κ3) is 7.03. The maximum atomic E-state index is 13.1. The SMILES string of the molecule is C[C@@H](C(=O)NC1CCCCC1)N(Cc1ccc(Cl)c(Cl)c1)C(=O)COc1ccc(Cl)cc1. The summed E-state index contributed by atoms with van der Waals surface area (Å²) >= 11 is 18.1. The Hall–Kier alpha value is -1.95. The van der Waals surface area contributed by atoms with Gasteiger partial charge in [-0.2, -0.15) is 0 Å². The minimum atomic E-state index is -0.673.